The lowest BCUT2D eigenvalue weighted by Crippen LogP contribution is -2.34. The van der Waals surface area contributed by atoms with Crippen LogP contribution in [0.5, 0.6) is 0 Å². The Kier molecular flexibility index (Phi) is 6.81. The highest BCUT2D eigenvalue weighted by molar-refractivity contribution is 6.35. The molecule has 9 heteroatoms. The summed E-state index contributed by atoms with van der Waals surface area (Å²) in [4.78, 5) is 23.8. The third-order valence-corrected chi connectivity index (χ3v) is 4.36. The first-order chi connectivity index (χ1) is 12.7. The number of nitrogens with zero attached hydrogens (tertiary/aromatic N) is 2. The molecule has 0 fully saturated rings. The fourth-order valence-corrected chi connectivity index (χ4v) is 3.00. The van der Waals surface area contributed by atoms with Crippen molar-refractivity contribution >= 4 is 29.1 Å². The summed E-state index contributed by atoms with van der Waals surface area (Å²) in [5, 5.41) is 10.4. The molecule has 0 saturated carbocycles. The van der Waals surface area contributed by atoms with Gasteiger partial charge in [0.2, 0.25) is 11.7 Å². The number of benzene rings is 1. The second kappa shape index (κ2) is 8.88. The Morgan fingerprint density at radius 1 is 1.26 bits per heavy atom. The molecule has 0 aliphatic rings. The minimum atomic E-state index is -0.739. The number of carbonyl (C=O) groups is 2. The molecule has 0 radical (unpaired) electrons. The van der Waals surface area contributed by atoms with Crippen molar-refractivity contribution in [1.82, 2.24) is 15.5 Å². The van der Waals surface area contributed by atoms with E-state index in [4.69, 9.17) is 23.1 Å². The summed E-state index contributed by atoms with van der Waals surface area (Å²) < 4.78 is 15.2. The van der Waals surface area contributed by atoms with Crippen LogP contribution in [0.15, 0.2) is 24.3 Å². The highest BCUT2D eigenvalue weighted by Crippen LogP contribution is 2.29. The zero-order valence-electron chi connectivity index (χ0n) is 15.0. The molecule has 1 amide bonds. The maximum atomic E-state index is 15.2. The smallest absolute Gasteiger partial charge is 0.218 e. The monoisotopic (exact) mass is 393 g/mol. The van der Waals surface area contributed by atoms with Crippen LogP contribution in [0.1, 0.15) is 54.3 Å². The predicted octanol–water partition coefficient (Wildman–Crippen LogP) is 2.39. The van der Waals surface area contributed by atoms with Gasteiger partial charge in [0.05, 0.1) is 10.6 Å². The van der Waals surface area contributed by atoms with Crippen molar-refractivity contribution in [3.63, 3.8) is 0 Å². The van der Waals surface area contributed by atoms with Crippen LogP contribution in [-0.4, -0.2) is 27.9 Å². The molecular weight excluding hydrogens is 373 g/mol. The number of primary amides is 1. The van der Waals surface area contributed by atoms with Gasteiger partial charge in [0.1, 0.15) is 17.3 Å². The van der Waals surface area contributed by atoms with Gasteiger partial charge in [0.25, 0.3) is 0 Å². The van der Waals surface area contributed by atoms with Crippen LogP contribution in [0.3, 0.4) is 0 Å². The summed E-state index contributed by atoms with van der Waals surface area (Å²) in [7, 11) is 0. The number of anilines is 1. The maximum absolute atomic E-state index is 15.2. The second-order valence-corrected chi connectivity index (χ2v) is 6.60. The standard InChI is InChI=1S/C18H21ClFN5O2/c1-3-12(23-9(2)8-15(22)26)10-4-5-11(19)16(17(10)20)18(27)13-6-7-14(21)25-24-13/h4-7,9,12,23H,3,8H2,1-2H3,(H2,21,25)(H2,22,26)/t9-,12+/m0/s1. The molecule has 0 aliphatic carbocycles. The number of hydrogen-bond acceptors (Lipinski definition) is 6. The van der Waals surface area contributed by atoms with E-state index in [9.17, 15) is 9.59 Å². The predicted molar refractivity (Wildman–Crippen MR) is 101 cm³/mol. The summed E-state index contributed by atoms with van der Waals surface area (Å²) in [5.74, 6) is -1.74. The van der Waals surface area contributed by atoms with E-state index in [1.807, 2.05) is 6.92 Å². The third-order valence-electron chi connectivity index (χ3n) is 4.04. The van der Waals surface area contributed by atoms with Crippen LogP contribution >= 0.6 is 11.6 Å². The highest BCUT2D eigenvalue weighted by Gasteiger charge is 2.25. The summed E-state index contributed by atoms with van der Waals surface area (Å²) >= 11 is 6.08. The van der Waals surface area contributed by atoms with Gasteiger partial charge in [-0.2, -0.15) is 0 Å². The van der Waals surface area contributed by atoms with Gasteiger partial charge in [-0.3, -0.25) is 9.59 Å². The van der Waals surface area contributed by atoms with Gasteiger partial charge in [-0.1, -0.05) is 24.6 Å². The number of ketones is 1. The molecule has 7 nitrogen and oxygen atoms in total. The maximum Gasteiger partial charge on any atom is 0.218 e. The molecule has 2 rings (SSSR count). The van der Waals surface area contributed by atoms with Crippen molar-refractivity contribution in [3.8, 4) is 0 Å². The fourth-order valence-electron chi connectivity index (χ4n) is 2.77. The van der Waals surface area contributed by atoms with Crippen molar-refractivity contribution in [3.05, 3.63) is 51.9 Å². The van der Waals surface area contributed by atoms with Crippen LogP contribution in [0.4, 0.5) is 10.2 Å². The van der Waals surface area contributed by atoms with Crippen LogP contribution in [0, 0.1) is 5.82 Å². The van der Waals surface area contributed by atoms with Gasteiger partial charge in [0, 0.05) is 24.1 Å². The number of amides is 1. The Bertz CT molecular complexity index is 844. The molecule has 0 spiro atoms. The number of hydrogen-bond donors (Lipinski definition) is 3. The number of aromatic nitrogens is 2. The van der Waals surface area contributed by atoms with Crippen molar-refractivity contribution in [2.24, 2.45) is 5.73 Å². The van der Waals surface area contributed by atoms with Crippen molar-refractivity contribution < 1.29 is 14.0 Å². The lowest BCUT2D eigenvalue weighted by atomic mass is 9.97. The number of nitrogens with one attached hydrogen (secondary N) is 1. The van der Waals surface area contributed by atoms with E-state index in [1.54, 1.807) is 6.92 Å². The van der Waals surface area contributed by atoms with Crippen LogP contribution < -0.4 is 16.8 Å². The Morgan fingerprint density at radius 3 is 2.52 bits per heavy atom. The molecule has 0 saturated heterocycles. The number of halogens is 2. The quantitative estimate of drug-likeness (QED) is 0.591. The zero-order valence-corrected chi connectivity index (χ0v) is 15.8. The number of rotatable bonds is 8. The summed E-state index contributed by atoms with van der Waals surface area (Å²) in [6, 6.07) is 5.04. The molecular formula is C18H21ClFN5O2. The Morgan fingerprint density at radius 2 is 1.96 bits per heavy atom. The van der Waals surface area contributed by atoms with E-state index in [0.29, 0.717) is 6.42 Å². The highest BCUT2D eigenvalue weighted by atomic mass is 35.5. The van der Waals surface area contributed by atoms with Gasteiger partial charge < -0.3 is 16.8 Å². The number of nitrogens with two attached hydrogens (primary N) is 2. The van der Waals surface area contributed by atoms with E-state index in [-0.39, 0.29) is 40.1 Å². The molecule has 0 aliphatic heterocycles. The van der Waals surface area contributed by atoms with E-state index >= 15 is 4.39 Å². The fraction of sp³-hybridized carbons (Fsp3) is 0.333. The topological polar surface area (TPSA) is 124 Å². The summed E-state index contributed by atoms with van der Waals surface area (Å²) in [6.45, 7) is 3.63. The van der Waals surface area contributed by atoms with Gasteiger partial charge in [-0.05, 0) is 31.5 Å². The summed E-state index contributed by atoms with van der Waals surface area (Å²) in [5.41, 5.74) is 10.6. The van der Waals surface area contributed by atoms with E-state index < -0.39 is 23.5 Å². The van der Waals surface area contributed by atoms with E-state index in [0.717, 1.165) is 0 Å². The first-order valence-corrected chi connectivity index (χ1v) is 8.78. The van der Waals surface area contributed by atoms with Gasteiger partial charge >= 0.3 is 0 Å². The molecule has 0 bridgehead atoms. The van der Waals surface area contributed by atoms with E-state index in [2.05, 4.69) is 15.5 Å². The minimum Gasteiger partial charge on any atom is -0.382 e. The molecule has 1 aromatic carbocycles. The van der Waals surface area contributed by atoms with Crippen molar-refractivity contribution in [2.75, 3.05) is 5.73 Å². The Labute approximate surface area is 161 Å². The number of nitrogen functional groups attached to an aromatic ring is 1. The van der Waals surface area contributed by atoms with Crippen molar-refractivity contribution in [2.45, 2.75) is 38.8 Å². The molecule has 2 aromatic rings. The van der Waals surface area contributed by atoms with Crippen molar-refractivity contribution in [1.29, 1.82) is 0 Å². The Balaban J connectivity index is 2.39. The van der Waals surface area contributed by atoms with Crippen LogP contribution in [0.25, 0.3) is 0 Å². The molecule has 5 N–H and O–H groups in total. The largest absolute Gasteiger partial charge is 0.382 e. The van der Waals surface area contributed by atoms with Crippen LogP contribution in [0.2, 0.25) is 5.02 Å². The average Bonchev–Trinajstić information content (AvgIpc) is 2.60. The minimum absolute atomic E-state index is 0.0279. The Hall–Kier alpha value is -2.58. The second-order valence-electron chi connectivity index (χ2n) is 6.20. The third kappa shape index (κ3) is 4.99. The van der Waals surface area contributed by atoms with Gasteiger partial charge in [-0.25, -0.2) is 4.39 Å². The SMILES string of the molecule is CC[C@@H](N[C@@H](C)CC(N)=O)c1ccc(Cl)c(C(=O)c2ccc(N)nn2)c1F. The number of carbonyl (C=O) groups excluding carboxylic acids is 2. The van der Waals surface area contributed by atoms with Gasteiger partial charge in [0.15, 0.2) is 0 Å². The molecule has 0 unspecified atom stereocenters. The molecule has 2 atom stereocenters. The molecule has 1 heterocycles. The van der Waals surface area contributed by atoms with Gasteiger partial charge in [-0.15, -0.1) is 10.2 Å². The average molecular weight is 394 g/mol. The molecule has 144 valence electrons. The summed E-state index contributed by atoms with van der Waals surface area (Å²) in [6.07, 6.45) is 0.634. The normalized spacial score (nSPS) is 13.2. The first-order valence-electron chi connectivity index (χ1n) is 8.40. The molecule has 1 aromatic heterocycles. The lowest BCUT2D eigenvalue weighted by Gasteiger charge is -2.23. The van der Waals surface area contributed by atoms with Crippen LogP contribution in [-0.2, 0) is 4.79 Å². The lowest BCUT2D eigenvalue weighted by molar-refractivity contribution is -0.118. The zero-order chi connectivity index (χ0) is 20.1. The van der Waals surface area contributed by atoms with E-state index in [1.165, 1.54) is 24.3 Å². The molecule has 27 heavy (non-hydrogen) atoms. The first kappa shape index (κ1) is 20.7.